The van der Waals surface area contributed by atoms with Crippen LogP contribution < -0.4 is 5.32 Å². The van der Waals surface area contributed by atoms with E-state index in [1.54, 1.807) is 19.2 Å². The second-order valence-electron chi connectivity index (χ2n) is 6.83. The molecule has 1 aromatic carbocycles. The molecule has 3 amide bonds. The summed E-state index contributed by atoms with van der Waals surface area (Å²) in [6.45, 7) is 2.97. The van der Waals surface area contributed by atoms with Crippen molar-refractivity contribution in [3.63, 3.8) is 0 Å². The van der Waals surface area contributed by atoms with Crippen LogP contribution in [0, 0.1) is 0 Å². The molecule has 8 nitrogen and oxygen atoms in total. The van der Waals surface area contributed by atoms with Gasteiger partial charge in [-0.25, -0.2) is 0 Å². The fourth-order valence-corrected chi connectivity index (χ4v) is 3.31. The molecule has 28 heavy (non-hydrogen) atoms. The number of rotatable bonds is 10. The van der Waals surface area contributed by atoms with Gasteiger partial charge in [0.2, 0.25) is 0 Å². The molecule has 1 saturated heterocycles. The maximum absolute atomic E-state index is 12.6. The number of nitrogens with zero attached hydrogens (tertiary/aromatic N) is 1. The quantitative estimate of drug-likeness (QED) is 0.477. The molecular weight excluding hydrogens is 364 g/mol. The molecule has 1 unspecified atom stereocenters. The topological polar surface area (TPSA) is 94.2 Å². The highest BCUT2D eigenvalue weighted by molar-refractivity contribution is 6.22. The first kappa shape index (κ1) is 20.4. The molecule has 2 heterocycles. The molecule has 2 aliphatic rings. The van der Waals surface area contributed by atoms with Gasteiger partial charge in [0.15, 0.2) is 0 Å². The molecule has 1 aromatic rings. The fourth-order valence-electron chi connectivity index (χ4n) is 3.31. The van der Waals surface area contributed by atoms with E-state index in [-0.39, 0.29) is 35.9 Å². The van der Waals surface area contributed by atoms with Crippen LogP contribution in [-0.2, 0) is 14.2 Å². The Kier molecular flexibility index (Phi) is 7.13. The summed E-state index contributed by atoms with van der Waals surface area (Å²) in [6, 6.07) is 4.62. The van der Waals surface area contributed by atoms with Gasteiger partial charge in [-0.15, -0.1) is 0 Å². The first-order valence-electron chi connectivity index (χ1n) is 9.58. The van der Waals surface area contributed by atoms with Crippen LogP contribution in [0.3, 0.4) is 0 Å². The highest BCUT2D eigenvalue weighted by Crippen LogP contribution is 2.26. The predicted octanol–water partition coefficient (Wildman–Crippen LogP) is 1.24. The molecule has 0 aromatic heterocycles. The van der Waals surface area contributed by atoms with E-state index in [0.717, 1.165) is 12.8 Å². The van der Waals surface area contributed by atoms with Crippen LogP contribution in [0.1, 0.15) is 50.3 Å². The maximum Gasteiger partial charge on any atom is 0.261 e. The normalized spacial score (nSPS) is 18.6. The average Bonchev–Trinajstić information content (AvgIpc) is 3.30. The van der Waals surface area contributed by atoms with Gasteiger partial charge in [0.05, 0.1) is 37.0 Å². The number of hydrogen-bond donors (Lipinski definition) is 1. The van der Waals surface area contributed by atoms with E-state index in [2.05, 4.69) is 5.32 Å². The van der Waals surface area contributed by atoms with Crippen molar-refractivity contribution < 1.29 is 28.6 Å². The number of fused-ring (bicyclic) bond motifs is 1. The molecular formula is C20H26N2O6. The Balaban J connectivity index is 1.54. The molecule has 0 aliphatic carbocycles. The maximum atomic E-state index is 12.6. The van der Waals surface area contributed by atoms with Crippen LogP contribution in [0.4, 0.5) is 0 Å². The fraction of sp³-hybridized carbons (Fsp3) is 0.550. The van der Waals surface area contributed by atoms with Gasteiger partial charge in [-0.1, -0.05) is 0 Å². The van der Waals surface area contributed by atoms with Crippen molar-refractivity contribution >= 4 is 17.7 Å². The van der Waals surface area contributed by atoms with Crippen LogP contribution in [0.2, 0.25) is 0 Å². The van der Waals surface area contributed by atoms with E-state index in [1.807, 2.05) is 0 Å². The Labute approximate surface area is 164 Å². The first-order chi connectivity index (χ1) is 13.6. The average molecular weight is 390 g/mol. The summed E-state index contributed by atoms with van der Waals surface area (Å²) in [5, 5.41) is 2.80. The summed E-state index contributed by atoms with van der Waals surface area (Å²) >= 11 is 0. The molecule has 8 heteroatoms. The lowest BCUT2D eigenvalue weighted by Crippen LogP contribution is -2.36. The van der Waals surface area contributed by atoms with Crippen LogP contribution in [0.15, 0.2) is 18.2 Å². The molecule has 1 fully saturated rings. The van der Waals surface area contributed by atoms with Gasteiger partial charge in [0, 0.05) is 32.4 Å². The summed E-state index contributed by atoms with van der Waals surface area (Å²) in [7, 11) is 1.61. The highest BCUT2D eigenvalue weighted by Gasteiger charge is 2.37. The van der Waals surface area contributed by atoms with E-state index in [1.165, 1.54) is 11.0 Å². The van der Waals surface area contributed by atoms with Crippen molar-refractivity contribution in [1.82, 2.24) is 10.2 Å². The molecule has 1 N–H and O–H groups in total. The summed E-state index contributed by atoms with van der Waals surface area (Å²) < 4.78 is 15.8. The molecule has 0 radical (unpaired) electrons. The highest BCUT2D eigenvalue weighted by atomic mass is 16.5. The summed E-state index contributed by atoms with van der Waals surface area (Å²) in [4.78, 5) is 38.7. The van der Waals surface area contributed by atoms with Crippen molar-refractivity contribution in [3.05, 3.63) is 34.9 Å². The number of methoxy groups -OCH3 is 1. The number of nitrogens with one attached hydrogen (secondary N) is 1. The van der Waals surface area contributed by atoms with Crippen LogP contribution in [0.25, 0.3) is 0 Å². The Hall–Kier alpha value is -2.29. The zero-order chi connectivity index (χ0) is 19.9. The lowest BCUT2D eigenvalue weighted by Gasteiger charge is -2.17. The van der Waals surface area contributed by atoms with Crippen molar-refractivity contribution in [2.45, 2.75) is 25.4 Å². The number of hydrogen-bond acceptors (Lipinski definition) is 6. The van der Waals surface area contributed by atoms with E-state index in [0.29, 0.717) is 50.5 Å². The van der Waals surface area contributed by atoms with E-state index >= 15 is 0 Å². The second kappa shape index (κ2) is 9.77. The minimum Gasteiger partial charge on any atom is -0.382 e. The predicted molar refractivity (Wildman–Crippen MR) is 100 cm³/mol. The Morgan fingerprint density at radius 3 is 2.79 bits per heavy atom. The van der Waals surface area contributed by atoms with Crippen LogP contribution in [-0.4, -0.2) is 75.4 Å². The van der Waals surface area contributed by atoms with Gasteiger partial charge in [0.1, 0.15) is 0 Å². The minimum absolute atomic E-state index is 0.101. The monoisotopic (exact) mass is 390 g/mol. The second-order valence-corrected chi connectivity index (χ2v) is 6.83. The van der Waals surface area contributed by atoms with E-state index < -0.39 is 0 Å². The molecule has 0 saturated carbocycles. The minimum atomic E-state index is -0.364. The van der Waals surface area contributed by atoms with Gasteiger partial charge < -0.3 is 19.5 Å². The van der Waals surface area contributed by atoms with Gasteiger partial charge in [-0.2, -0.15) is 0 Å². The number of imide groups is 1. The number of carbonyl (C=O) groups is 3. The summed E-state index contributed by atoms with van der Waals surface area (Å²) in [6.07, 6.45) is 2.36. The molecule has 152 valence electrons. The molecule has 0 bridgehead atoms. The smallest absolute Gasteiger partial charge is 0.261 e. The Morgan fingerprint density at radius 1 is 1.21 bits per heavy atom. The number of amides is 3. The van der Waals surface area contributed by atoms with Gasteiger partial charge in [-0.3, -0.25) is 19.3 Å². The zero-order valence-electron chi connectivity index (χ0n) is 16.1. The van der Waals surface area contributed by atoms with Crippen molar-refractivity contribution in [3.8, 4) is 0 Å². The van der Waals surface area contributed by atoms with Gasteiger partial charge in [-0.05, 0) is 37.5 Å². The van der Waals surface area contributed by atoms with Gasteiger partial charge >= 0.3 is 0 Å². The SMILES string of the molecule is COCCOCCCNC(=O)c1ccc2c(c1)C(=O)N(CC1CCCO1)C2=O. The van der Waals surface area contributed by atoms with E-state index in [9.17, 15) is 14.4 Å². The van der Waals surface area contributed by atoms with Crippen molar-refractivity contribution in [2.75, 3.05) is 46.6 Å². The summed E-state index contributed by atoms with van der Waals surface area (Å²) in [5.41, 5.74) is 0.976. The van der Waals surface area contributed by atoms with Crippen molar-refractivity contribution in [1.29, 1.82) is 0 Å². The standard InChI is InChI=1S/C20H26N2O6/c1-26-10-11-27-8-3-7-21-18(23)14-5-6-16-17(12-14)20(25)22(19(16)24)13-15-4-2-9-28-15/h5-6,12,15H,2-4,7-11,13H2,1H3,(H,21,23). The Morgan fingerprint density at radius 2 is 2.04 bits per heavy atom. The lowest BCUT2D eigenvalue weighted by molar-refractivity contribution is 0.0475. The third-order valence-corrected chi connectivity index (χ3v) is 4.83. The number of ether oxygens (including phenoxy) is 3. The van der Waals surface area contributed by atoms with Crippen molar-refractivity contribution in [2.24, 2.45) is 0 Å². The third kappa shape index (κ3) is 4.76. The van der Waals surface area contributed by atoms with Crippen LogP contribution >= 0.6 is 0 Å². The first-order valence-corrected chi connectivity index (χ1v) is 9.58. The molecule has 2 aliphatic heterocycles. The summed E-state index contributed by atoms with van der Waals surface area (Å²) in [5.74, 6) is -0.968. The molecule has 1 atom stereocenters. The molecule has 3 rings (SSSR count). The number of carbonyl (C=O) groups excluding carboxylic acids is 3. The Bertz CT molecular complexity index is 729. The third-order valence-electron chi connectivity index (χ3n) is 4.83. The zero-order valence-corrected chi connectivity index (χ0v) is 16.1. The van der Waals surface area contributed by atoms with E-state index in [4.69, 9.17) is 14.2 Å². The molecule has 0 spiro atoms. The largest absolute Gasteiger partial charge is 0.382 e. The lowest BCUT2D eigenvalue weighted by atomic mass is 10.1. The number of benzene rings is 1. The van der Waals surface area contributed by atoms with Gasteiger partial charge in [0.25, 0.3) is 17.7 Å². The van der Waals surface area contributed by atoms with Crippen LogP contribution in [0.5, 0.6) is 0 Å².